The maximum atomic E-state index is 13.2. The maximum Gasteiger partial charge on any atom is 0.245 e. The molecular weight excluding hydrogens is 442 g/mol. The molecule has 0 aromatic heterocycles. The number of rotatable bonds is 8. The Kier molecular flexibility index (Phi) is 8.75. The van der Waals surface area contributed by atoms with E-state index < -0.39 is 16.1 Å². The first-order valence-electron chi connectivity index (χ1n) is 12.1. The van der Waals surface area contributed by atoms with Crippen molar-refractivity contribution >= 4 is 21.8 Å². The van der Waals surface area contributed by atoms with Gasteiger partial charge in [0.2, 0.25) is 21.8 Å². The van der Waals surface area contributed by atoms with Crippen LogP contribution in [0.15, 0.2) is 29.2 Å². The predicted molar refractivity (Wildman–Crippen MR) is 126 cm³/mol. The molecule has 0 radical (unpaired) electrons. The molecule has 0 bridgehead atoms. The molecule has 2 amide bonds. The third-order valence-electron chi connectivity index (χ3n) is 6.53. The van der Waals surface area contributed by atoms with E-state index in [1.807, 2.05) is 20.8 Å². The number of ether oxygens (including phenoxy) is 1. The van der Waals surface area contributed by atoms with Gasteiger partial charge in [-0.3, -0.25) is 9.59 Å². The molecule has 1 aromatic rings. The first-order chi connectivity index (χ1) is 15.7. The van der Waals surface area contributed by atoms with Gasteiger partial charge < -0.3 is 15.0 Å². The van der Waals surface area contributed by atoms with Crippen molar-refractivity contribution in [2.75, 3.05) is 32.8 Å². The monoisotopic (exact) mass is 479 g/mol. The zero-order chi connectivity index (χ0) is 24.0. The fourth-order valence-electron chi connectivity index (χ4n) is 4.52. The molecule has 2 aliphatic rings. The van der Waals surface area contributed by atoms with E-state index in [1.165, 1.54) is 10.7 Å². The van der Waals surface area contributed by atoms with Gasteiger partial charge in [-0.1, -0.05) is 33.1 Å². The minimum atomic E-state index is -3.64. The third kappa shape index (κ3) is 6.26. The molecular formula is C24H37N3O5S. The van der Waals surface area contributed by atoms with E-state index in [9.17, 15) is 18.0 Å². The molecule has 0 spiro atoms. The fraction of sp³-hybridized carbons (Fsp3) is 0.667. The standard InChI is InChI=1S/C24H37N3O5S/c1-4-32-20-10-12-21(13-11-20)33(30,31)27-16-14-26(15-17-27)24(29)22(18(2)3)25-23(28)19-8-6-5-7-9-19/h10-13,18-19,22H,4-9,14-17H2,1-3H3,(H,25,28). The average molecular weight is 480 g/mol. The highest BCUT2D eigenvalue weighted by atomic mass is 32.2. The highest BCUT2D eigenvalue weighted by Gasteiger charge is 2.35. The summed E-state index contributed by atoms with van der Waals surface area (Å²) in [6.07, 6.45) is 5.05. The van der Waals surface area contributed by atoms with E-state index in [1.54, 1.807) is 29.2 Å². The van der Waals surface area contributed by atoms with Crippen molar-refractivity contribution in [3.8, 4) is 5.75 Å². The number of sulfonamides is 1. The van der Waals surface area contributed by atoms with Gasteiger partial charge in [-0.15, -0.1) is 0 Å². The second-order valence-electron chi connectivity index (χ2n) is 9.20. The van der Waals surface area contributed by atoms with Crippen molar-refractivity contribution in [2.45, 2.75) is 63.8 Å². The van der Waals surface area contributed by atoms with Crippen LogP contribution in [0.3, 0.4) is 0 Å². The average Bonchev–Trinajstić information content (AvgIpc) is 2.83. The lowest BCUT2D eigenvalue weighted by molar-refractivity contribution is -0.139. The van der Waals surface area contributed by atoms with Crippen LogP contribution in [0, 0.1) is 11.8 Å². The van der Waals surface area contributed by atoms with Crippen LogP contribution >= 0.6 is 0 Å². The van der Waals surface area contributed by atoms with E-state index in [-0.39, 0.29) is 41.6 Å². The lowest BCUT2D eigenvalue weighted by atomic mass is 9.88. The first kappa shape index (κ1) is 25.5. The number of carbonyl (C=O) groups excluding carboxylic acids is 2. The van der Waals surface area contributed by atoms with Crippen LogP contribution in [0.5, 0.6) is 5.75 Å². The lowest BCUT2D eigenvalue weighted by Crippen LogP contribution is -2.57. The van der Waals surface area contributed by atoms with Gasteiger partial charge in [0.25, 0.3) is 0 Å². The summed E-state index contributed by atoms with van der Waals surface area (Å²) in [4.78, 5) is 27.8. The van der Waals surface area contributed by atoms with Gasteiger partial charge >= 0.3 is 0 Å². The second-order valence-corrected chi connectivity index (χ2v) is 11.1. The summed E-state index contributed by atoms with van der Waals surface area (Å²) in [6.45, 7) is 7.30. The van der Waals surface area contributed by atoms with Gasteiger partial charge in [-0.05, 0) is 49.9 Å². The van der Waals surface area contributed by atoms with Crippen molar-refractivity contribution in [1.82, 2.24) is 14.5 Å². The van der Waals surface area contributed by atoms with Gasteiger partial charge in [0.05, 0.1) is 11.5 Å². The van der Waals surface area contributed by atoms with Crippen molar-refractivity contribution in [1.29, 1.82) is 0 Å². The smallest absolute Gasteiger partial charge is 0.245 e. The van der Waals surface area contributed by atoms with Gasteiger partial charge in [0, 0.05) is 32.1 Å². The lowest BCUT2D eigenvalue weighted by Gasteiger charge is -2.37. The Morgan fingerprint density at radius 2 is 1.64 bits per heavy atom. The van der Waals surface area contributed by atoms with Gasteiger partial charge in [0.15, 0.2) is 0 Å². The van der Waals surface area contributed by atoms with Crippen LogP contribution in [0.2, 0.25) is 0 Å². The van der Waals surface area contributed by atoms with Crippen molar-refractivity contribution < 1.29 is 22.7 Å². The molecule has 3 rings (SSSR count). The molecule has 1 atom stereocenters. The Balaban J connectivity index is 1.59. The van der Waals surface area contributed by atoms with Crippen LogP contribution in [-0.4, -0.2) is 68.3 Å². The summed E-state index contributed by atoms with van der Waals surface area (Å²) < 4.78 is 32.8. The quantitative estimate of drug-likeness (QED) is 0.618. The summed E-state index contributed by atoms with van der Waals surface area (Å²) in [6, 6.07) is 5.81. The number of nitrogens with zero attached hydrogens (tertiary/aromatic N) is 2. The Morgan fingerprint density at radius 3 is 2.18 bits per heavy atom. The number of nitrogens with one attached hydrogen (secondary N) is 1. The van der Waals surface area contributed by atoms with Gasteiger partial charge in [-0.25, -0.2) is 8.42 Å². The van der Waals surface area contributed by atoms with Gasteiger partial charge in [-0.2, -0.15) is 4.31 Å². The maximum absolute atomic E-state index is 13.2. The Labute approximate surface area is 197 Å². The number of hydrogen-bond acceptors (Lipinski definition) is 5. The van der Waals surface area contributed by atoms with Crippen LogP contribution < -0.4 is 10.1 Å². The Hall–Kier alpha value is -2.13. The summed E-state index contributed by atoms with van der Waals surface area (Å²) >= 11 is 0. The number of hydrogen-bond donors (Lipinski definition) is 1. The van der Waals surface area contributed by atoms with E-state index in [4.69, 9.17) is 4.74 Å². The molecule has 8 nitrogen and oxygen atoms in total. The minimum Gasteiger partial charge on any atom is -0.494 e. The normalized spacial score (nSPS) is 19.3. The Morgan fingerprint density at radius 1 is 1.03 bits per heavy atom. The fourth-order valence-corrected chi connectivity index (χ4v) is 5.94. The van der Waals surface area contributed by atoms with Crippen LogP contribution in [0.4, 0.5) is 0 Å². The van der Waals surface area contributed by atoms with Crippen LogP contribution in [0.1, 0.15) is 52.9 Å². The molecule has 33 heavy (non-hydrogen) atoms. The Bertz CT molecular complexity index is 903. The van der Waals surface area contributed by atoms with E-state index >= 15 is 0 Å². The minimum absolute atomic E-state index is 0.0103. The second kappa shape index (κ2) is 11.3. The number of piperazine rings is 1. The first-order valence-corrected chi connectivity index (χ1v) is 13.5. The van der Waals surface area contributed by atoms with Gasteiger partial charge in [0.1, 0.15) is 11.8 Å². The topological polar surface area (TPSA) is 96.0 Å². The molecule has 1 heterocycles. The summed E-state index contributed by atoms with van der Waals surface area (Å²) in [5, 5.41) is 2.99. The number of amides is 2. The van der Waals surface area contributed by atoms with E-state index in [0.29, 0.717) is 25.4 Å². The number of carbonyl (C=O) groups is 2. The zero-order valence-corrected chi connectivity index (χ0v) is 20.8. The van der Waals surface area contributed by atoms with Crippen LogP contribution in [0.25, 0.3) is 0 Å². The predicted octanol–water partition coefficient (Wildman–Crippen LogP) is 2.64. The van der Waals surface area contributed by atoms with Crippen molar-refractivity contribution in [3.63, 3.8) is 0 Å². The molecule has 1 aromatic carbocycles. The molecule has 1 unspecified atom stereocenters. The molecule has 1 aliphatic carbocycles. The summed E-state index contributed by atoms with van der Waals surface area (Å²) in [5.74, 6) is 0.409. The van der Waals surface area contributed by atoms with E-state index in [0.717, 1.165) is 25.7 Å². The summed E-state index contributed by atoms with van der Waals surface area (Å²) in [7, 11) is -3.64. The highest BCUT2D eigenvalue weighted by Crippen LogP contribution is 2.25. The molecule has 1 N–H and O–H groups in total. The molecule has 1 aliphatic heterocycles. The SMILES string of the molecule is CCOc1ccc(S(=O)(=O)N2CCN(C(=O)C(NC(=O)C3CCCCC3)C(C)C)CC2)cc1. The zero-order valence-electron chi connectivity index (χ0n) is 20.0. The summed E-state index contributed by atoms with van der Waals surface area (Å²) in [5.41, 5.74) is 0. The van der Waals surface area contributed by atoms with E-state index in [2.05, 4.69) is 5.32 Å². The molecule has 2 fully saturated rings. The molecule has 1 saturated carbocycles. The van der Waals surface area contributed by atoms with Crippen molar-refractivity contribution in [3.05, 3.63) is 24.3 Å². The van der Waals surface area contributed by atoms with Crippen LogP contribution in [-0.2, 0) is 19.6 Å². The largest absolute Gasteiger partial charge is 0.494 e. The highest BCUT2D eigenvalue weighted by molar-refractivity contribution is 7.89. The molecule has 1 saturated heterocycles. The van der Waals surface area contributed by atoms with Crippen molar-refractivity contribution in [2.24, 2.45) is 11.8 Å². The number of benzene rings is 1. The molecule has 184 valence electrons. The molecule has 9 heteroatoms. The third-order valence-corrected chi connectivity index (χ3v) is 8.44.